The van der Waals surface area contributed by atoms with Crippen LogP contribution in [0.15, 0.2) is 0 Å². The van der Waals surface area contributed by atoms with Crippen molar-refractivity contribution in [1.82, 2.24) is 0 Å². The third kappa shape index (κ3) is 3.32. The fraction of sp³-hybridized carbons (Fsp3) is 0.889. The van der Waals surface area contributed by atoms with Crippen LogP contribution in [0.25, 0.3) is 0 Å². The molecule has 0 fully saturated rings. The number of carboxylic acids is 1. The predicted octanol–water partition coefficient (Wildman–Crippen LogP) is 0.475. The molecule has 0 bridgehead atoms. The highest BCUT2D eigenvalue weighted by Gasteiger charge is 2.29. The Labute approximate surface area is 78.2 Å². The molecule has 13 heavy (non-hydrogen) atoms. The van der Waals surface area contributed by atoms with E-state index in [1.54, 1.807) is 13.8 Å². The highest BCUT2D eigenvalue weighted by Crippen LogP contribution is 2.18. The van der Waals surface area contributed by atoms with Crippen molar-refractivity contribution >= 4 is 5.97 Å². The molecular weight excluding hydrogens is 172 g/mol. The molecule has 0 aliphatic carbocycles. The van der Waals surface area contributed by atoms with Gasteiger partial charge in [-0.2, -0.15) is 0 Å². The van der Waals surface area contributed by atoms with Crippen molar-refractivity contribution < 1.29 is 20.1 Å². The third-order valence-corrected chi connectivity index (χ3v) is 2.47. The first-order chi connectivity index (χ1) is 5.91. The van der Waals surface area contributed by atoms with Gasteiger partial charge in [0.15, 0.2) is 0 Å². The number of aliphatic hydroxyl groups is 2. The van der Waals surface area contributed by atoms with Crippen molar-refractivity contribution in [2.45, 2.75) is 39.4 Å². The predicted molar refractivity (Wildman–Crippen MR) is 48.3 cm³/mol. The molecule has 0 amide bonds. The second-order valence-corrected chi connectivity index (χ2v) is 3.45. The van der Waals surface area contributed by atoms with E-state index in [1.165, 1.54) is 6.92 Å². The summed E-state index contributed by atoms with van der Waals surface area (Å²) < 4.78 is 0. The van der Waals surface area contributed by atoms with Gasteiger partial charge >= 0.3 is 5.97 Å². The number of carbonyl (C=O) groups is 1. The van der Waals surface area contributed by atoms with E-state index in [0.29, 0.717) is 6.42 Å². The molecule has 4 heteroatoms. The molecule has 3 N–H and O–H groups in total. The van der Waals surface area contributed by atoms with E-state index < -0.39 is 30.0 Å². The Balaban J connectivity index is 4.24. The first-order valence-corrected chi connectivity index (χ1v) is 4.50. The van der Waals surface area contributed by atoms with Crippen LogP contribution >= 0.6 is 0 Å². The molecule has 78 valence electrons. The average molecular weight is 190 g/mol. The second-order valence-electron chi connectivity index (χ2n) is 3.45. The summed E-state index contributed by atoms with van der Waals surface area (Å²) in [6.07, 6.45) is -1.12. The van der Waals surface area contributed by atoms with Crippen molar-refractivity contribution in [1.29, 1.82) is 0 Å². The fourth-order valence-electron chi connectivity index (χ4n) is 1.20. The lowest BCUT2D eigenvalue weighted by molar-refractivity contribution is -0.147. The summed E-state index contributed by atoms with van der Waals surface area (Å²) in [7, 11) is 0. The number of carboxylic acid groups (broad SMARTS) is 1. The minimum atomic E-state index is -1.04. The van der Waals surface area contributed by atoms with Gasteiger partial charge in [-0.1, -0.05) is 13.8 Å². The van der Waals surface area contributed by atoms with Gasteiger partial charge in [0.2, 0.25) is 0 Å². The van der Waals surface area contributed by atoms with Crippen LogP contribution in [0.4, 0.5) is 0 Å². The van der Waals surface area contributed by atoms with E-state index in [4.69, 9.17) is 5.11 Å². The third-order valence-electron chi connectivity index (χ3n) is 2.47. The Morgan fingerprint density at radius 2 is 1.77 bits per heavy atom. The van der Waals surface area contributed by atoms with Gasteiger partial charge in [-0.05, 0) is 13.3 Å². The number of aliphatic hydroxyl groups excluding tert-OH is 2. The molecule has 4 atom stereocenters. The maximum absolute atomic E-state index is 10.5. The van der Waals surface area contributed by atoms with Gasteiger partial charge in [-0.15, -0.1) is 0 Å². The van der Waals surface area contributed by atoms with Crippen LogP contribution in [-0.2, 0) is 4.79 Å². The van der Waals surface area contributed by atoms with Crippen LogP contribution in [0.2, 0.25) is 0 Å². The maximum Gasteiger partial charge on any atom is 0.308 e. The zero-order valence-electron chi connectivity index (χ0n) is 8.27. The minimum Gasteiger partial charge on any atom is -0.481 e. The molecule has 0 aromatic carbocycles. The topological polar surface area (TPSA) is 77.8 Å². The minimum absolute atomic E-state index is 0.406. The first-order valence-electron chi connectivity index (χ1n) is 4.50. The van der Waals surface area contributed by atoms with Gasteiger partial charge in [0.1, 0.15) is 0 Å². The van der Waals surface area contributed by atoms with E-state index in [1.807, 2.05) is 0 Å². The molecule has 0 aromatic rings. The van der Waals surface area contributed by atoms with Crippen LogP contribution < -0.4 is 0 Å². The Hall–Kier alpha value is -0.610. The monoisotopic (exact) mass is 190 g/mol. The normalized spacial score (nSPS) is 20.4. The number of hydrogen-bond donors (Lipinski definition) is 3. The van der Waals surface area contributed by atoms with Gasteiger partial charge in [-0.25, -0.2) is 0 Å². The van der Waals surface area contributed by atoms with Crippen LogP contribution in [-0.4, -0.2) is 33.5 Å². The molecule has 0 unspecified atom stereocenters. The molecule has 0 saturated carbocycles. The molecule has 0 spiro atoms. The SMILES string of the molecule is CC[C@@H](O)[C@H](C)[C@@H](O)[C@@H](C)C(=O)O. The van der Waals surface area contributed by atoms with E-state index in [0.717, 1.165) is 0 Å². The molecule has 0 radical (unpaired) electrons. The fourth-order valence-corrected chi connectivity index (χ4v) is 1.20. The highest BCUT2D eigenvalue weighted by atomic mass is 16.4. The van der Waals surface area contributed by atoms with Crippen LogP contribution in [0, 0.1) is 11.8 Å². The Bertz CT molecular complexity index is 169. The lowest BCUT2D eigenvalue weighted by Crippen LogP contribution is -2.37. The van der Waals surface area contributed by atoms with Crippen LogP contribution in [0.1, 0.15) is 27.2 Å². The van der Waals surface area contributed by atoms with Gasteiger partial charge < -0.3 is 15.3 Å². The van der Waals surface area contributed by atoms with E-state index in [-0.39, 0.29) is 0 Å². The summed E-state index contributed by atoms with van der Waals surface area (Å²) in [5.41, 5.74) is 0. The van der Waals surface area contributed by atoms with Crippen molar-refractivity contribution in [3.63, 3.8) is 0 Å². The van der Waals surface area contributed by atoms with Crippen molar-refractivity contribution in [2.24, 2.45) is 11.8 Å². The smallest absolute Gasteiger partial charge is 0.308 e. The van der Waals surface area contributed by atoms with Gasteiger partial charge in [0.05, 0.1) is 18.1 Å². The Kier molecular flexibility index (Phi) is 4.95. The summed E-state index contributed by atoms with van der Waals surface area (Å²) >= 11 is 0. The lowest BCUT2D eigenvalue weighted by Gasteiger charge is -2.25. The molecule has 0 aromatic heterocycles. The second kappa shape index (κ2) is 5.19. The number of aliphatic carboxylic acids is 1. The summed E-state index contributed by atoms with van der Waals surface area (Å²) in [6, 6.07) is 0. The summed E-state index contributed by atoms with van der Waals surface area (Å²) in [5, 5.41) is 27.5. The van der Waals surface area contributed by atoms with Gasteiger partial charge in [0, 0.05) is 5.92 Å². The Morgan fingerprint density at radius 3 is 2.08 bits per heavy atom. The zero-order valence-corrected chi connectivity index (χ0v) is 8.27. The molecule has 0 heterocycles. The van der Waals surface area contributed by atoms with Crippen molar-refractivity contribution in [3.8, 4) is 0 Å². The number of hydrogen-bond acceptors (Lipinski definition) is 3. The maximum atomic E-state index is 10.5. The zero-order chi connectivity index (χ0) is 10.6. The first kappa shape index (κ1) is 12.4. The summed E-state index contributed by atoms with van der Waals surface area (Å²) in [6.45, 7) is 4.88. The van der Waals surface area contributed by atoms with Crippen molar-refractivity contribution in [3.05, 3.63) is 0 Å². The molecule has 0 aliphatic heterocycles. The molecular formula is C9H18O4. The highest BCUT2D eigenvalue weighted by molar-refractivity contribution is 5.70. The van der Waals surface area contributed by atoms with Crippen LogP contribution in [0.5, 0.6) is 0 Å². The van der Waals surface area contributed by atoms with Crippen LogP contribution in [0.3, 0.4) is 0 Å². The van der Waals surface area contributed by atoms with E-state index >= 15 is 0 Å². The molecule has 0 saturated heterocycles. The molecule has 0 rings (SSSR count). The summed E-state index contributed by atoms with van der Waals surface area (Å²) in [5.74, 6) is -2.28. The van der Waals surface area contributed by atoms with E-state index in [2.05, 4.69) is 0 Å². The van der Waals surface area contributed by atoms with Gasteiger partial charge in [0.25, 0.3) is 0 Å². The Morgan fingerprint density at radius 1 is 1.31 bits per heavy atom. The lowest BCUT2D eigenvalue weighted by atomic mass is 9.88. The van der Waals surface area contributed by atoms with Gasteiger partial charge in [-0.3, -0.25) is 4.79 Å². The quantitative estimate of drug-likeness (QED) is 0.589. The van der Waals surface area contributed by atoms with E-state index in [9.17, 15) is 15.0 Å². The standard InChI is InChI=1S/C9H18O4/c1-4-7(10)5(2)8(11)6(3)9(12)13/h5-8,10-11H,4H2,1-3H3,(H,12,13)/t5-,6+,7+,8+/m0/s1. The number of rotatable bonds is 5. The van der Waals surface area contributed by atoms with Crippen molar-refractivity contribution in [2.75, 3.05) is 0 Å². The average Bonchev–Trinajstić information content (AvgIpc) is 2.12. The molecule has 0 aliphatic rings. The summed E-state index contributed by atoms with van der Waals surface area (Å²) in [4.78, 5) is 10.5. The largest absolute Gasteiger partial charge is 0.481 e. The molecule has 4 nitrogen and oxygen atoms in total.